The zero-order valence-electron chi connectivity index (χ0n) is 12.0. The quantitative estimate of drug-likeness (QED) is 0.836. The average molecular weight is 265 g/mol. The van der Waals surface area contributed by atoms with E-state index in [-0.39, 0.29) is 11.4 Å². The van der Waals surface area contributed by atoms with Crippen molar-refractivity contribution in [2.45, 2.75) is 25.9 Å². The van der Waals surface area contributed by atoms with Crippen LogP contribution in [0.25, 0.3) is 0 Å². The minimum atomic E-state index is 0.00767. The van der Waals surface area contributed by atoms with Crippen LogP contribution in [0.5, 0.6) is 0 Å². The van der Waals surface area contributed by atoms with E-state index in [0.717, 1.165) is 19.6 Å². The van der Waals surface area contributed by atoms with E-state index in [2.05, 4.69) is 30.8 Å². The summed E-state index contributed by atoms with van der Waals surface area (Å²) in [5, 5.41) is 0. The van der Waals surface area contributed by atoms with Gasteiger partial charge in [0, 0.05) is 44.5 Å². The summed E-state index contributed by atoms with van der Waals surface area (Å²) in [5.74, 6) is 0.0111. The second kappa shape index (κ2) is 5.30. The third kappa shape index (κ3) is 2.96. The fraction of sp³-hybridized carbons (Fsp3) is 0.692. The molecule has 6 heteroatoms. The number of nitrogens with zero attached hydrogens (tertiary/aromatic N) is 4. The van der Waals surface area contributed by atoms with E-state index < -0.39 is 0 Å². The van der Waals surface area contributed by atoms with E-state index in [1.807, 2.05) is 9.47 Å². The van der Waals surface area contributed by atoms with E-state index in [1.54, 1.807) is 12.5 Å². The van der Waals surface area contributed by atoms with Crippen molar-refractivity contribution in [2.75, 3.05) is 33.2 Å². The molecule has 0 saturated carbocycles. The molecule has 1 amide bonds. The molecule has 0 radical (unpaired) electrons. The molecule has 1 aromatic rings. The molecule has 0 spiro atoms. The summed E-state index contributed by atoms with van der Waals surface area (Å²) in [6.07, 6.45) is 3.45. The molecular weight excluding hydrogens is 242 g/mol. The van der Waals surface area contributed by atoms with Crippen LogP contribution in [0.15, 0.2) is 12.5 Å². The Bertz CT molecular complexity index is 454. The molecule has 1 aliphatic rings. The van der Waals surface area contributed by atoms with Gasteiger partial charge in [0.05, 0.1) is 6.33 Å². The van der Waals surface area contributed by atoms with Crippen LogP contribution >= 0.6 is 0 Å². The van der Waals surface area contributed by atoms with Crippen molar-refractivity contribution in [3.63, 3.8) is 0 Å². The Morgan fingerprint density at radius 2 is 2.21 bits per heavy atom. The number of hydrogen-bond donors (Lipinski definition) is 1. The van der Waals surface area contributed by atoms with Crippen molar-refractivity contribution in [1.29, 1.82) is 0 Å². The van der Waals surface area contributed by atoms with E-state index in [4.69, 9.17) is 5.73 Å². The highest BCUT2D eigenvalue weighted by atomic mass is 16.2. The molecule has 1 aliphatic heterocycles. The van der Waals surface area contributed by atoms with Crippen molar-refractivity contribution >= 4 is 5.91 Å². The standard InChI is InChI=1S/C13H23N5O/c1-13(2)9-18(7-6-16(13)3)12(19)11-8-17(5-4-14)10-15-11/h8,10H,4-7,9,14H2,1-3H3. The van der Waals surface area contributed by atoms with E-state index in [0.29, 0.717) is 18.8 Å². The molecule has 1 saturated heterocycles. The van der Waals surface area contributed by atoms with Gasteiger partial charge in [0.25, 0.3) is 5.91 Å². The van der Waals surface area contributed by atoms with Gasteiger partial charge in [-0.1, -0.05) is 0 Å². The van der Waals surface area contributed by atoms with E-state index in [1.165, 1.54) is 0 Å². The summed E-state index contributed by atoms with van der Waals surface area (Å²) in [6, 6.07) is 0. The Balaban J connectivity index is 2.07. The smallest absolute Gasteiger partial charge is 0.274 e. The minimum Gasteiger partial charge on any atom is -0.335 e. The first kappa shape index (κ1) is 14.0. The molecule has 2 rings (SSSR count). The maximum Gasteiger partial charge on any atom is 0.274 e. The molecule has 0 unspecified atom stereocenters. The molecule has 2 N–H and O–H groups in total. The molecule has 1 aromatic heterocycles. The number of amides is 1. The highest BCUT2D eigenvalue weighted by molar-refractivity contribution is 5.92. The second-order valence-electron chi connectivity index (χ2n) is 5.75. The average Bonchev–Trinajstić information content (AvgIpc) is 2.81. The van der Waals surface area contributed by atoms with Crippen molar-refractivity contribution < 1.29 is 4.79 Å². The molecule has 0 aromatic carbocycles. The number of aromatic nitrogens is 2. The molecule has 6 nitrogen and oxygen atoms in total. The summed E-state index contributed by atoms with van der Waals surface area (Å²) in [5.41, 5.74) is 6.01. The van der Waals surface area contributed by atoms with Crippen LogP contribution in [-0.2, 0) is 6.54 Å². The Hall–Kier alpha value is -1.40. The Morgan fingerprint density at radius 3 is 2.84 bits per heavy atom. The molecule has 106 valence electrons. The van der Waals surface area contributed by atoms with Crippen molar-refractivity contribution in [3.8, 4) is 0 Å². The first-order valence-electron chi connectivity index (χ1n) is 6.66. The van der Waals surface area contributed by atoms with Gasteiger partial charge in [-0.2, -0.15) is 0 Å². The molecule has 0 bridgehead atoms. The minimum absolute atomic E-state index is 0.00767. The molecule has 1 fully saturated rings. The van der Waals surface area contributed by atoms with E-state index >= 15 is 0 Å². The first-order chi connectivity index (χ1) is 8.94. The van der Waals surface area contributed by atoms with Gasteiger partial charge in [-0.3, -0.25) is 9.69 Å². The fourth-order valence-electron chi connectivity index (χ4n) is 2.32. The monoisotopic (exact) mass is 265 g/mol. The fourth-order valence-corrected chi connectivity index (χ4v) is 2.32. The lowest BCUT2D eigenvalue weighted by Gasteiger charge is -2.45. The predicted octanol–water partition coefficient (Wildman–Crippen LogP) is 0.00800. The maximum atomic E-state index is 12.4. The van der Waals surface area contributed by atoms with Crippen LogP contribution in [0.1, 0.15) is 24.3 Å². The SMILES string of the molecule is CN1CCN(C(=O)c2cn(CCN)cn2)CC1(C)C. The number of rotatable bonds is 3. The summed E-state index contributed by atoms with van der Waals surface area (Å²) in [6.45, 7) is 7.91. The van der Waals surface area contributed by atoms with Crippen LogP contribution in [0.4, 0.5) is 0 Å². The number of hydrogen-bond acceptors (Lipinski definition) is 4. The summed E-state index contributed by atoms with van der Waals surface area (Å²) in [7, 11) is 2.10. The van der Waals surface area contributed by atoms with Crippen LogP contribution in [0.3, 0.4) is 0 Å². The van der Waals surface area contributed by atoms with Gasteiger partial charge >= 0.3 is 0 Å². The molecule has 19 heavy (non-hydrogen) atoms. The number of carbonyl (C=O) groups excluding carboxylic acids is 1. The van der Waals surface area contributed by atoms with E-state index in [9.17, 15) is 4.79 Å². The van der Waals surface area contributed by atoms with Gasteiger partial charge in [0.2, 0.25) is 0 Å². The summed E-state index contributed by atoms with van der Waals surface area (Å²) < 4.78 is 1.86. The zero-order valence-corrected chi connectivity index (χ0v) is 12.0. The van der Waals surface area contributed by atoms with Gasteiger partial charge in [0.15, 0.2) is 0 Å². The zero-order chi connectivity index (χ0) is 14.0. The van der Waals surface area contributed by atoms with Crippen LogP contribution < -0.4 is 5.73 Å². The lowest BCUT2D eigenvalue weighted by atomic mass is 9.99. The maximum absolute atomic E-state index is 12.4. The Labute approximate surface area is 114 Å². The molecule has 0 aliphatic carbocycles. The van der Waals surface area contributed by atoms with Crippen LogP contribution in [0, 0.1) is 0 Å². The predicted molar refractivity (Wildman–Crippen MR) is 73.9 cm³/mol. The van der Waals surface area contributed by atoms with Gasteiger partial charge in [-0.05, 0) is 20.9 Å². The normalized spacial score (nSPS) is 19.7. The topological polar surface area (TPSA) is 67.4 Å². The molecule has 2 heterocycles. The number of carbonyl (C=O) groups is 1. The second-order valence-corrected chi connectivity index (χ2v) is 5.75. The lowest BCUT2D eigenvalue weighted by molar-refractivity contribution is 0.0307. The van der Waals surface area contributed by atoms with Crippen molar-refractivity contribution in [1.82, 2.24) is 19.4 Å². The van der Waals surface area contributed by atoms with Crippen LogP contribution in [-0.4, -0.2) is 64.0 Å². The highest BCUT2D eigenvalue weighted by Gasteiger charge is 2.34. The Morgan fingerprint density at radius 1 is 1.47 bits per heavy atom. The number of piperazine rings is 1. The van der Waals surface area contributed by atoms with Crippen LogP contribution in [0.2, 0.25) is 0 Å². The highest BCUT2D eigenvalue weighted by Crippen LogP contribution is 2.20. The summed E-state index contributed by atoms with van der Waals surface area (Å²) in [4.78, 5) is 20.8. The Kier molecular flexibility index (Phi) is 3.91. The molecular formula is C13H23N5O. The van der Waals surface area contributed by atoms with Crippen molar-refractivity contribution in [2.24, 2.45) is 5.73 Å². The number of likely N-dealkylation sites (N-methyl/N-ethyl adjacent to an activating group) is 1. The number of nitrogens with two attached hydrogens (primary N) is 1. The van der Waals surface area contributed by atoms with Gasteiger partial charge in [-0.15, -0.1) is 0 Å². The number of imidazole rings is 1. The van der Waals surface area contributed by atoms with Crippen molar-refractivity contribution in [3.05, 3.63) is 18.2 Å². The third-order valence-corrected chi connectivity index (χ3v) is 3.84. The third-order valence-electron chi connectivity index (χ3n) is 3.84. The van der Waals surface area contributed by atoms with Gasteiger partial charge in [-0.25, -0.2) is 4.98 Å². The first-order valence-corrected chi connectivity index (χ1v) is 6.66. The van der Waals surface area contributed by atoms with Gasteiger partial charge in [0.1, 0.15) is 5.69 Å². The molecule has 0 atom stereocenters. The summed E-state index contributed by atoms with van der Waals surface area (Å²) >= 11 is 0. The lowest BCUT2D eigenvalue weighted by Crippen LogP contribution is -2.58. The van der Waals surface area contributed by atoms with Gasteiger partial charge < -0.3 is 15.2 Å². The largest absolute Gasteiger partial charge is 0.335 e.